The molecule has 2 aromatic carbocycles. The smallest absolute Gasteiger partial charge is 0.354 e. The zero-order valence-corrected chi connectivity index (χ0v) is 21.7. The maximum Gasteiger partial charge on any atom is 0.416 e. The molecule has 0 saturated carbocycles. The fraction of sp³-hybridized carbons (Fsp3) is 0.346. The fourth-order valence-electron chi connectivity index (χ4n) is 4.31. The minimum Gasteiger partial charge on any atom is -0.354 e. The molecule has 208 valence electrons. The van der Waals surface area contributed by atoms with Crippen LogP contribution >= 0.6 is 11.6 Å². The van der Waals surface area contributed by atoms with E-state index in [0.29, 0.717) is 43.9 Å². The minimum atomic E-state index is -5.01. The predicted molar refractivity (Wildman–Crippen MR) is 135 cm³/mol. The summed E-state index contributed by atoms with van der Waals surface area (Å²) in [6, 6.07) is 7.80. The van der Waals surface area contributed by atoms with E-state index in [0.717, 1.165) is 0 Å². The average molecular weight is 572 g/mol. The third kappa shape index (κ3) is 6.44. The number of hydrogen-bond acceptors (Lipinski definition) is 5. The van der Waals surface area contributed by atoms with E-state index in [1.54, 1.807) is 24.3 Å². The Labute approximate surface area is 225 Å². The standard InChI is InChI=1S/C26H24ClF6N5O/c1-34-23(39)22-21(18-5-3-4-6-19(18)27)20(35-24(36-22)38-9-7-37(2)8-10-38)13-15-11-16(25(28,29)30)14-17(12-15)26(31,32)33/h3-6,11-12,14H,7-10,13H2,1-2H3,(H,34,39). The molecule has 0 bridgehead atoms. The van der Waals surface area contributed by atoms with E-state index < -0.39 is 35.8 Å². The molecule has 39 heavy (non-hydrogen) atoms. The van der Waals surface area contributed by atoms with Gasteiger partial charge in [0.25, 0.3) is 5.91 Å². The second-order valence-corrected chi connectivity index (χ2v) is 9.54. The van der Waals surface area contributed by atoms with Gasteiger partial charge < -0.3 is 15.1 Å². The topological polar surface area (TPSA) is 61.4 Å². The van der Waals surface area contributed by atoms with Crippen molar-refractivity contribution in [2.75, 3.05) is 45.2 Å². The Morgan fingerprint density at radius 1 is 0.949 bits per heavy atom. The molecule has 1 aliphatic rings. The molecule has 1 N–H and O–H groups in total. The van der Waals surface area contributed by atoms with Gasteiger partial charge >= 0.3 is 12.4 Å². The van der Waals surface area contributed by atoms with E-state index in [2.05, 4.69) is 20.2 Å². The third-order valence-corrected chi connectivity index (χ3v) is 6.69. The number of hydrogen-bond donors (Lipinski definition) is 1. The van der Waals surface area contributed by atoms with Gasteiger partial charge in [-0.3, -0.25) is 4.79 Å². The highest BCUT2D eigenvalue weighted by Gasteiger charge is 2.37. The van der Waals surface area contributed by atoms with Crippen LogP contribution in [0, 0.1) is 0 Å². The number of nitrogens with one attached hydrogen (secondary N) is 1. The number of halogens is 7. The van der Waals surface area contributed by atoms with Crippen molar-refractivity contribution >= 4 is 23.5 Å². The zero-order chi connectivity index (χ0) is 28.5. The summed E-state index contributed by atoms with van der Waals surface area (Å²) in [6.45, 7) is 2.36. The third-order valence-electron chi connectivity index (χ3n) is 6.36. The average Bonchev–Trinajstić information content (AvgIpc) is 2.87. The number of alkyl halides is 6. The Morgan fingerprint density at radius 3 is 2.08 bits per heavy atom. The van der Waals surface area contributed by atoms with Gasteiger partial charge in [0, 0.05) is 55.8 Å². The van der Waals surface area contributed by atoms with Crippen LogP contribution in [0.25, 0.3) is 11.1 Å². The lowest BCUT2D eigenvalue weighted by Crippen LogP contribution is -2.45. The molecule has 1 amide bonds. The predicted octanol–water partition coefficient (Wildman–Crippen LogP) is 5.54. The van der Waals surface area contributed by atoms with Crippen LogP contribution < -0.4 is 10.2 Å². The Balaban J connectivity index is 1.96. The molecule has 1 aromatic heterocycles. The number of anilines is 1. The summed E-state index contributed by atoms with van der Waals surface area (Å²) in [5.41, 5.74) is -2.73. The number of rotatable bonds is 5. The summed E-state index contributed by atoms with van der Waals surface area (Å²) in [5.74, 6) is -0.459. The van der Waals surface area contributed by atoms with E-state index in [1.807, 2.05) is 11.9 Å². The molecule has 1 fully saturated rings. The number of likely N-dealkylation sites (N-methyl/N-ethyl adjacent to an activating group) is 1. The second kappa shape index (κ2) is 11.0. The van der Waals surface area contributed by atoms with Crippen LogP contribution in [-0.4, -0.2) is 61.0 Å². The van der Waals surface area contributed by atoms with E-state index >= 15 is 0 Å². The summed E-state index contributed by atoms with van der Waals surface area (Å²) in [7, 11) is 3.32. The number of piperazine rings is 1. The highest BCUT2D eigenvalue weighted by Crippen LogP contribution is 2.38. The Kier molecular flexibility index (Phi) is 8.08. The quantitative estimate of drug-likeness (QED) is 0.408. The van der Waals surface area contributed by atoms with Gasteiger partial charge in [0.1, 0.15) is 5.69 Å². The number of carbonyl (C=O) groups is 1. The van der Waals surface area contributed by atoms with Crippen LogP contribution in [-0.2, 0) is 18.8 Å². The molecule has 1 saturated heterocycles. The van der Waals surface area contributed by atoms with Crippen molar-refractivity contribution in [2.24, 2.45) is 0 Å². The molecule has 0 atom stereocenters. The molecular weight excluding hydrogens is 548 g/mol. The number of nitrogens with zero attached hydrogens (tertiary/aromatic N) is 4. The molecule has 6 nitrogen and oxygen atoms in total. The first-order valence-corrected chi connectivity index (χ1v) is 12.3. The second-order valence-electron chi connectivity index (χ2n) is 9.13. The number of aromatic nitrogens is 2. The van der Waals surface area contributed by atoms with E-state index in [1.165, 1.54) is 7.05 Å². The first-order chi connectivity index (χ1) is 18.3. The Hall–Kier alpha value is -3.38. The van der Waals surface area contributed by atoms with Crippen molar-refractivity contribution in [3.05, 3.63) is 75.6 Å². The Bertz CT molecular complexity index is 1340. The first kappa shape index (κ1) is 28.6. The molecule has 3 aromatic rings. The zero-order valence-electron chi connectivity index (χ0n) is 20.9. The minimum absolute atomic E-state index is 0.0677. The monoisotopic (exact) mass is 571 g/mol. The molecule has 2 heterocycles. The van der Waals surface area contributed by atoms with Gasteiger partial charge in [-0.1, -0.05) is 29.8 Å². The highest BCUT2D eigenvalue weighted by molar-refractivity contribution is 6.33. The normalized spacial score (nSPS) is 14.9. The lowest BCUT2D eigenvalue weighted by Gasteiger charge is -2.33. The molecular formula is C26H24ClF6N5O. The van der Waals surface area contributed by atoms with Gasteiger partial charge in [-0.25, -0.2) is 9.97 Å². The molecule has 0 aliphatic carbocycles. The lowest BCUT2D eigenvalue weighted by atomic mass is 9.95. The van der Waals surface area contributed by atoms with E-state index in [9.17, 15) is 31.1 Å². The largest absolute Gasteiger partial charge is 0.416 e. The number of amides is 1. The molecule has 0 unspecified atom stereocenters. The van der Waals surface area contributed by atoms with Crippen LogP contribution in [0.15, 0.2) is 42.5 Å². The van der Waals surface area contributed by atoms with Crippen molar-refractivity contribution in [1.82, 2.24) is 20.2 Å². The van der Waals surface area contributed by atoms with Crippen molar-refractivity contribution in [2.45, 2.75) is 18.8 Å². The maximum absolute atomic E-state index is 13.6. The van der Waals surface area contributed by atoms with Crippen LogP contribution in [0.4, 0.5) is 32.3 Å². The maximum atomic E-state index is 13.6. The first-order valence-electron chi connectivity index (χ1n) is 11.9. The van der Waals surface area contributed by atoms with E-state index in [4.69, 9.17) is 11.6 Å². The molecule has 1 aliphatic heterocycles. The highest BCUT2D eigenvalue weighted by atomic mass is 35.5. The molecule has 4 rings (SSSR count). The van der Waals surface area contributed by atoms with Gasteiger partial charge in [-0.05, 0) is 36.9 Å². The summed E-state index contributed by atoms with van der Waals surface area (Å²) >= 11 is 6.43. The number of benzene rings is 2. The van der Waals surface area contributed by atoms with Crippen LogP contribution in [0.2, 0.25) is 5.02 Å². The van der Waals surface area contributed by atoms with Gasteiger partial charge in [0.05, 0.1) is 16.8 Å². The van der Waals surface area contributed by atoms with Gasteiger partial charge in [-0.15, -0.1) is 0 Å². The molecule has 13 heteroatoms. The van der Waals surface area contributed by atoms with Gasteiger partial charge in [0.2, 0.25) is 5.95 Å². The summed E-state index contributed by atoms with van der Waals surface area (Å²) in [4.78, 5) is 26.0. The Morgan fingerprint density at radius 2 is 1.54 bits per heavy atom. The SMILES string of the molecule is CNC(=O)c1nc(N2CCN(C)CC2)nc(Cc2cc(C(F)(F)F)cc(C(F)(F)F)c2)c1-c1ccccc1Cl. The summed E-state index contributed by atoms with van der Waals surface area (Å²) in [5, 5.41) is 2.71. The molecule has 0 spiro atoms. The van der Waals surface area contributed by atoms with E-state index in [-0.39, 0.29) is 39.6 Å². The van der Waals surface area contributed by atoms with Crippen molar-refractivity contribution in [3.8, 4) is 11.1 Å². The summed E-state index contributed by atoms with van der Waals surface area (Å²) < 4.78 is 81.3. The van der Waals surface area contributed by atoms with Gasteiger partial charge in [-0.2, -0.15) is 26.3 Å². The van der Waals surface area contributed by atoms with Crippen LogP contribution in [0.3, 0.4) is 0 Å². The van der Waals surface area contributed by atoms with Crippen LogP contribution in [0.5, 0.6) is 0 Å². The van der Waals surface area contributed by atoms with Crippen molar-refractivity contribution < 1.29 is 31.1 Å². The van der Waals surface area contributed by atoms with Gasteiger partial charge in [0.15, 0.2) is 0 Å². The molecule has 0 radical (unpaired) electrons. The lowest BCUT2D eigenvalue weighted by molar-refractivity contribution is -0.143. The van der Waals surface area contributed by atoms with Crippen molar-refractivity contribution in [3.63, 3.8) is 0 Å². The fourth-order valence-corrected chi connectivity index (χ4v) is 4.54. The van der Waals surface area contributed by atoms with Crippen LogP contribution in [0.1, 0.15) is 32.9 Å². The number of carbonyl (C=O) groups excluding carboxylic acids is 1. The van der Waals surface area contributed by atoms with Crippen molar-refractivity contribution in [1.29, 1.82) is 0 Å². The summed E-state index contributed by atoms with van der Waals surface area (Å²) in [6.07, 6.45) is -10.5.